The maximum Gasteiger partial charge on any atom is 0.211 e. The van der Waals surface area contributed by atoms with Crippen molar-refractivity contribution in [1.82, 2.24) is 0 Å². The number of aliphatic hydroxyl groups excluding tert-OH is 1. The number of aliphatic hydroxyl groups is 1. The van der Waals surface area contributed by atoms with E-state index in [4.69, 9.17) is 9.84 Å². The van der Waals surface area contributed by atoms with Gasteiger partial charge >= 0.3 is 0 Å². The van der Waals surface area contributed by atoms with Crippen LogP contribution in [0.15, 0.2) is 24.3 Å². The average molecular weight is 181 g/mol. The Morgan fingerprint density at radius 1 is 1.54 bits per heavy atom. The van der Waals surface area contributed by atoms with Gasteiger partial charge in [-0.25, -0.2) is 0 Å². The highest BCUT2D eigenvalue weighted by atomic mass is 16.5. The zero-order chi connectivity index (χ0) is 9.52. The van der Waals surface area contributed by atoms with E-state index in [1.54, 1.807) is 24.3 Å². The first-order valence-electron chi connectivity index (χ1n) is 3.90. The molecule has 0 aliphatic heterocycles. The summed E-state index contributed by atoms with van der Waals surface area (Å²) in [5, 5.41) is 11.0. The number of ether oxygens (including phenoxy) is 1. The summed E-state index contributed by atoms with van der Waals surface area (Å²) in [5.74, 6) is 0.626. The Labute approximate surface area is 76.1 Å². The molecule has 0 spiro atoms. The second kappa shape index (κ2) is 5.16. The van der Waals surface area contributed by atoms with E-state index in [9.17, 15) is 4.79 Å². The van der Waals surface area contributed by atoms with Crippen LogP contribution in [0.1, 0.15) is 0 Å². The van der Waals surface area contributed by atoms with E-state index in [0.29, 0.717) is 17.8 Å². The van der Waals surface area contributed by atoms with Crippen molar-refractivity contribution in [3.05, 3.63) is 24.3 Å². The summed E-state index contributed by atoms with van der Waals surface area (Å²) in [7, 11) is 0. The maximum atomic E-state index is 10.1. The van der Waals surface area contributed by atoms with Gasteiger partial charge in [-0.15, -0.1) is 0 Å². The molecule has 4 heteroatoms. The minimum absolute atomic E-state index is 0.0225. The van der Waals surface area contributed by atoms with Crippen molar-refractivity contribution in [3.8, 4) is 5.75 Å². The third-order valence-corrected chi connectivity index (χ3v) is 1.42. The van der Waals surface area contributed by atoms with E-state index in [0.717, 1.165) is 0 Å². The molecule has 0 radical (unpaired) electrons. The van der Waals surface area contributed by atoms with Gasteiger partial charge in [0.1, 0.15) is 12.4 Å². The molecule has 0 aliphatic rings. The lowest BCUT2D eigenvalue weighted by atomic mass is 10.3. The second-order valence-corrected chi connectivity index (χ2v) is 2.36. The quantitative estimate of drug-likeness (QED) is 0.655. The first-order valence-corrected chi connectivity index (χ1v) is 3.90. The van der Waals surface area contributed by atoms with Gasteiger partial charge in [0, 0.05) is 11.8 Å². The minimum atomic E-state index is -0.0225. The molecule has 1 amide bonds. The van der Waals surface area contributed by atoms with Gasteiger partial charge < -0.3 is 15.2 Å². The number of carbonyl (C=O) groups excluding carboxylic acids is 1. The first-order chi connectivity index (χ1) is 6.36. The summed E-state index contributed by atoms with van der Waals surface area (Å²) in [6.45, 7) is 0.232. The highest BCUT2D eigenvalue weighted by Gasteiger charge is 1.94. The Hall–Kier alpha value is -1.55. The van der Waals surface area contributed by atoms with Crippen LogP contribution < -0.4 is 10.1 Å². The van der Waals surface area contributed by atoms with Crippen LogP contribution in [0.25, 0.3) is 0 Å². The molecular weight excluding hydrogens is 170 g/mol. The molecule has 0 aromatic heterocycles. The summed E-state index contributed by atoms with van der Waals surface area (Å²) < 4.78 is 5.14. The predicted molar refractivity (Wildman–Crippen MR) is 48.7 cm³/mol. The van der Waals surface area contributed by atoms with Gasteiger partial charge in [0.15, 0.2) is 0 Å². The van der Waals surface area contributed by atoms with Crippen LogP contribution in [-0.4, -0.2) is 24.7 Å². The van der Waals surface area contributed by atoms with Crippen LogP contribution >= 0.6 is 0 Å². The summed E-state index contributed by atoms with van der Waals surface area (Å²) in [6, 6.07) is 6.95. The lowest BCUT2D eigenvalue weighted by Crippen LogP contribution is -2.02. The van der Waals surface area contributed by atoms with Gasteiger partial charge in [0.05, 0.1) is 6.61 Å². The number of carbonyl (C=O) groups is 1. The maximum absolute atomic E-state index is 10.1. The highest BCUT2D eigenvalue weighted by Crippen LogP contribution is 2.16. The molecule has 0 bridgehead atoms. The smallest absolute Gasteiger partial charge is 0.211 e. The Bertz CT molecular complexity index is 275. The van der Waals surface area contributed by atoms with Crippen molar-refractivity contribution >= 4 is 12.1 Å². The summed E-state index contributed by atoms with van der Waals surface area (Å²) in [6.07, 6.45) is 0.602. The van der Waals surface area contributed by atoms with Crippen molar-refractivity contribution in [2.45, 2.75) is 0 Å². The molecule has 13 heavy (non-hydrogen) atoms. The number of amides is 1. The lowest BCUT2D eigenvalue weighted by molar-refractivity contribution is -0.105. The van der Waals surface area contributed by atoms with Gasteiger partial charge in [-0.05, 0) is 12.1 Å². The second-order valence-electron chi connectivity index (χ2n) is 2.36. The molecule has 0 heterocycles. The van der Waals surface area contributed by atoms with Crippen LogP contribution in [0, 0.1) is 0 Å². The van der Waals surface area contributed by atoms with E-state index in [-0.39, 0.29) is 13.2 Å². The molecule has 1 aromatic carbocycles. The topological polar surface area (TPSA) is 58.6 Å². The number of hydrogen-bond acceptors (Lipinski definition) is 3. The fourth-order valence-corrected chi connectivity index (χ4v) is 0.907. The number of nitrogens with one attached hydrogen (secondary N) is 1. The molecule has 0 aliphatic carbocycles. The summed E-state index contributed by atoms with van der Waals surface area (Å²) >= 11 is 0. The first kappa shape index (κ1) is 9.54. The largest absolute Gasteiger partial charge is 0.491 e. The third kappa shape index (κ3) is 3.13. The molecule has 2 N–H and O–H groups in total. The van der Waals surface area contributed by atoms with E-state index >= 15 is 0 Å². The summed E-state index contributed by atoms with van der Waals surface area (Å²) in [5.41, 5.74) is 0.672. The van der Waals surface area contributed by atoms with E-state index in [1.165, 1.54) is 0 Å². The Morgan fingerprint density at radius 2 is 2.38 bits per heavy atom. The Morgan fingerprint density at radius 3 is 3.08 bits per heavy atom. The van der Waals surface area contributed by atoms with Crippen molar-refractivity contribution < 1.29 is 14.6 Å². The zero-order valence-corrected chi connectivity index (χ0v) is 7.06. The number of anilines is 1. The zero-order valence-electron chi connectivity index (χ0n) is 7.06. The highest BCUT2D eigenvalue weighted by molar-refractivity contribution is 5.71. The van der Waals surface area contributed by atoms with Gasteiger partial charge in [0.25, 0.3) is 0 Å². The monoisotopic (exact) mass is 181 g/mol. The molecule has 0 saturated heterocycles. The van der Waals surface area contributed by atoms with Crippen molar-refractivity contribution in [3.63, 3.8) is 0 Å². The van der Waals surface area contributed by atoms with Gasteiger partial charge in [-0.3, -0.25) is 4.79 Å². The molecular formula is C9H11NO3. The summed E-state index contributed by atoms with van der Waals surface area (Å²) in [4.78, 5) is 10.1. The molecule has 4 nitrogen and oxygen atoms in total. The molecule has 0 unspecified atom stereocenters. The van der Waals surface area contributed by atoms with Gasteiger partial charge in [-0.1, -0.05) is 6.07 Å². The van der Waals surface area contributed by atoms with Crippen molar-refractivity contribution in [2.75, 3.05) is 18.5 Å². The fourth-order valence-electron chi connectivity index (χ4n) is 0.907. The molecule has 0 saturated carbocycles. The average Bonchev–Trinajstić information content (AvgIpc) is 2.16. The van der Waals surface area contributed by atoms with Gasteiger partial charge in [-0.2, -0.15) is 0 Å². The fraction of sp³-hybridized carbons (Fsp3) is 0.222. The van der Waals surface area contributed by atoms with Crippen LogP contribution in [0.3, 0.4) is 0 Å². The number of hydrogen-bond donors (Lipinski definition) is 2. The third-order valence-electron chi connectivity index (χ3n) is 1.42. The Kier molecular flexibility index (Phi) is 3.78. The van der Waals surface area contributed by atoms with Crippen LogP contribution in [0.5, 0.6) is 5.75 Å². The molecule has 0 atom stereocenters. The predicted octanol–water partition coefficient (Wildman–Crippen LogP) is 0.626. The van der Waals surface area contributed by atoms with Crippen molar-refractivity contribution in [2.24, 2.45) is 0 Å². The number of benzene rings is 1. The minimum Gasteiger partial charge on any atom is -0.491 e. The standard InChI is InChI=1S/C9H11NO3/c11-4-5-13-9-3-1-2-8(6-9)10-7-12/h1-3,6-7,11H,4-5H2,(H,10,12). The molecule has 1 aromatic rings. The molecule has 0 fully saturated rings. The van der Waals surface area contributed by atoms with Crippen LogP contribution in [0.2, 0.25) is 0 Å². The van der Waals surface area contributed by atoms with E-state index in [2.05, 4.69) is 5.32 Å². The molecule has 70 valence electrons. The van der Waals surface area contributed by atoms with E-state index < -0.39 is 0 Å². The van der Waals surface area contributed by atoms with Crippen LogP contribution in [-0.2, 0) is 4.79 Å². The van der Waals surface area contributed by atoms with Gasteiger partial charge in [0.2, 0.25) is 6.41 Å². The van der Waals surface area contributed by atoms with E-state index in [1.807, 2.05) is 0 Å². The normalized spacial score (nSPS) is 9.31. The van der Waals surface area contributed by atoms with Crippen LogP contribution in [0.4, 0.5) is 5.69 Å². The number of rotatable bonds is 5. The Balaban J connectivity index is 2.61. The van der Waals surface area contributed by atoms with Crippen molar-refractivity contribution in [1.29, 1.82) is 0 Å². The molecule has 1 rings (SSSR count). The lowest BCUT2D eigenvalue weighted by Gasteiger charge is -2.05. The SMILES string of the molecule is O=CNc1cccc(OCCO)c1.